The number of carbonyl (C=O) groups is 1. The van der Waals surface area contributed by atoms with Gasteiger partial charge in [0.2, 0.25) is 0 Å². The first-order valence-corrected chi connectivity index (χ1v) is 12.2. The van der Waals surface area contributed by atoms with Crippen molar-refractivity contribution in [2.45, 2.75) is 40.2 Å². The molecule has 2 aromatic heterocycles. The van der Waals surface area contributed by atoms with Gasteiger partial charge in [0, 0.05) is 24.5 Å². The zero-order valence-corrected chi connectivity index (χ0v) is 21.9. The van der Waals surface area contributed by atoms with Gasteiger partial charge in [0.25, 0.3) is 0 Å². The average Bonchev–Trinajstić information content (AvgIpc) is 3.31. The molecule has 0 aliphatic carbocycles. The van der Waals surface area contributed by atoms with E-state index < -0.39 is 0 Å². The number of benzene rings is 1. The molecule has 0 bridgehead atoms. The molecule has 3 aromatic rings. The molecule has 0 spiro atoms. The summed E-state index contributed by atoms with van der Waals surface area (Å²) in [6.07, 6.45) is 10.4. The summed E-state index contributed by atoms with van der Waals surface area (Å²) in [6, 6.07) is 13.9. The van der Waals surface area contributed by atoms with Crippen molar-refractivity contribution in [3.8, 4) is 22.6 Å². The minimum Gasteiger partial charge on any atom is -0.351 e. The molecule has 2 N–H and O–H groups in total. The van der Waals surface area contributed by atoms with Gasteiger partial charge in [0.1, 0.15) is 6.29 Å². The van der Waals surface area contributed by atoms with E-state index >= 15 is 0 Å². The lowest BCUT2D eigenvalue weighted by atomic mass is 10.1. The van der Waals surface area contributed by atoms with Gasteiger partial charge >= 0.3 is 0 Å². The number of aldehydes is 1. The Hall–Kier alpha value is -3.84. The van der Waals surface area contributed by atoms with Crippen LogP contribution >= 0.6 is 0 Å². The first-order valence-electron chi connectivity index (χ1n) is 12.2. The van der Waals surface area contributed by atoms with E-state index in [1.54, 1.807) is 10.8 Å². The number of amidine groups is 1. The van der Waals surface area contributed by atoms with Gasteiger partial charge in [-0.2, -0.15) is 5.10 Å². The van der Waals surface area contributed by atoms with Crippen LogP contribution in [0.15, 0.2) is 78.6 Å². The molecule has 0 fully saturated rings. The molecule has 0 radical (unpaired) electrons. The van der Waals surface area contributed by atoms with Crippen LogP contribution in [0.3, 0.4) is 0 Å². The van der Waals surface area contributed by atoms with Crippen LogP contribution < -0.4 is 10.6 Å². The van der Waals surface area contributed by atoms with E-state index in [1.165, 1.54) is 12.0 Å². The second-order valence-electron chi connectivity index (χ2n) is 8.30. The molecule has 1 aromatic carbocycles. The molecule has 2 heterocycles. The summed E-state index contributed by atoms with van der Waals surface area (Å²) in [5.74, 6) is 0.951. The molecule has 7 nitrogen and oxygen atoms in total. The molecule has 0 saturated carbocycles. The van der Waals surface area contributed by atoms with Crippen LogP contribution in [-0.2, 0) is 11.3 Å². The van der Waals surface area contributed by atoms with Crippen molar-refractivity contribution in [2.75, 3.05) is 20.1 Å². The van der Waals surface area contributed by atoms with Crippen LogP contribution in [0.1, 0.15) is 30.9 Å². The van der Waals surface area contributed by atoms with Crippen molar-refractivity contribution in [2.24, 2.45) is 4.99 Å². The highest BCUT2D eigenvalue weighted by Gasteiger charge is 2.12. The maximum atomic E-state index is 10.9. The highest BCUT2D eigenvalue weighted by molar-refractivity contribution is 5.80. The van der Waals surface area contributed by atoms with Crippen LogP contribution in [-0.4, -0.2) is 47.0 Å². The van der Waals surface area contributed by atoms with E-state index in [2.05, 4.69) is 39.2 Å². The number of aromatic nitrogens is 3. The molecule has 0 unspecified atom stereocenters. The molecular formula is C29H38N6O. The molecular weight excluding hydrogens is 448 g/mol. The Labute approximate surface area is 215 Å². The third-order valence-electron chi connectivity index (χ3n) is 5.44. The molecule has 0 aliphatic heterocycles. The SMILES string of the molecule is C=C/C=C\NC(C)=NCCCCNC.Cc1cnc(-c2cc(-c3ccccc3)nn2CC=O)cc1C. The molecule has 3 rings (SSSR count). The monoisotopic (exact) mass is 486 g/mol. The fraction of sp³-hybridized carbons (Fsp3) is 0.310. The maximum Gasteiger partial charge on any atom is 0.141 e. The van der Waals surface area contributed by atoms with Gasteiger partial charge in [-0.05, 0) is 76.5 Å². The topological polar surface area (TPSA) is 84.2 Å². The normalized spacial score (nSPS) is 11.2. The largest absolute Gasteiger partial charge is 0.351 e. The number of pyridine rings is 1. The van der Waals surface area contributed by atoms with Crippen LogP contribution in [0.5, 0.6) is 0 Å². The van der Waals surface area contributed by atoms with Crippen molar-refractivity contribution in [3.63, 3.8) is 0 Å². The Morgan fingerprint density at radius 1 is 1.11 bits per heavy atom. The molecule has 190 valence electrons. The lowest BCUT2D eigenvalue weighted by molar-refractivity contribution is -0.108. The van der Waals surface area contributed by atoms with Crippen molar-refractivity contribution in [1.29, 1.82) is 0 Å². The summed E-state index contributed by atoms with van der Waals surface area (Å²) in [7, 11) is 1.97. The summed E-state index contributed by atoms with van der Waals surface area (Å²) < 4.78 is 1.70. The number of carbonyl (C=O) groups excluding carboxylic acids is 1. The maximum absolute atomic E-state index is 10.9. The van der Waals surface area contributed by atoms with Crippen molar-refractivity contribution >= 4 is 12.1 Å². The second-order valence-corrected chi connectivity index (χ2v) is 8.30. The molecule has 0 amide bonds. The molecule has 7 heteroatoms. The minimum atomic E-state index is 0.219. The number of hydrogen-bond donors (Lipinski definition) is 2. The Kier molecular flexibility index (Phi) is 12.6. The van der Waals surface area contributed by atoms with E-state index in [0.717, 1.165) is 59.8 Å². The van der Waals surface area contributed by atoms with Crippen LogP contribution in [0, 0.1) is 13.8 Å². The van der Waals surface area contributed by atoms with E-state index in [4.69, 9.17) is 0 Å². The first-order chi connectivity index (χ1) is 17.5. The summed E-state index contributed by atoms with van der Waals surface area (Å²) in [6.45, 7) is 11.8. The Morgan fingerprint density at radius 2 is 1.89 bits per heavy atom. The number of nitrogens with zero attached hydrogens (tertiary/aromatic N) is 4. The van der Waals surface area contributed by atoms with Crippen LogP contribution in [0.25, 0.3) is 22.6 Å². The first kappa shape index (κ1) is 28.4. The fourth-order valence-corrected chi connectivity index (χ4v) is 3.29. The number of rotatable bonds is 11. The highest BCUT2D eigenvalue weighted by atomic mass is 16.1. The number of nitrogens with one attached hydrogen (secondary N) is 2. The quantitative estimate of drug-likeness (QED) is 0.129. The van der Waals surface area contributed by atoms with E-state index in [0.29, 0.717) is 0 Å². The molecule has 0 saturated heterocycles. The number of hydrogen-bond acceptors (Lipinski definition) is 5. The van der Waals surface area contributed by atoms with Gasteiger partial charge < -0.3 is 15.4 Å². The second kappa shape index (κ2) is 15.9. The predicted molar refractivity (Wildman–Crippen MR) is 150 cm³/mol. The highest BCUT2D eigenvalue weighted by Crippen LogP contribution is 2.25. The third-order valence-corrected chi connectivity index (χ3v) is 5.44. The fourth-order valence-electron chi connectivity index (χ4n) is 3.29. The standard InChI is InChI=1S/C18H17N3O.C11H21N3/c1-13-10-17(19-12-14(13)2)18-11-16(20-21(18)8-9-22)15-6-4-3-5-7-15;1-4-5-9-13-11(2)14-10-7-6-8-12-3/h3-7,9-12H,8H2,1-2H3;4-5,9,12H,1,6-8,10H2,2-3H3,(H,13,14)/b;9-5-. The number of unbranched alkanes of at least 4 members (excludes halogenated alkanes) is 1. The summed E-state index contributed by atoms with van der Waals surface area (Å²) in [5.41, 5.74) is 5.88. The Morgan fingerprint density at radius 3 is 2.56 bits per heavy atom. The zero-order chi connectivity index (χ0) is 26.2. The van der Waals surface area contributed by atoms with E-state index in [-0.39, 0.29) is 6.54 Å². The van der Waals surface area contributed by atoms with Gasteiger partial charge in [-0.1, -0.05) is 43.0 Å². The van der Waals surface area contributed by atoms with Crippen molar-refractivity contribution in [3.05, 3.63) is 84.7 Å². The molecule has 0 atom stereocenters. The van der Waals surface area contributed by atoms with Gasteiger partial charge in [-0.15, -0.1) is 0 Å². The summed E-state index contributed by atoms with van der Waals surface area (Å²) >= 11 is 0. The third kappa shape index (κ3) is 9.43. The average molecular weight is 487 g/mol. The Balaban J connectivity index is 0.000000284. The number of aliphatic imine (C=N–C) groups is 1. The lowest BCUT2D eigenvalue weighted by Crippen LogP contribution is -2.13. The molecule has 0 aliphatic rings. The van der Waals surface area contributed by atoms with Crippen LogP contribution in [0.4, 0.5) is 0 Å². The van der Waals surface area contributed by atoms with Crippen LogP contribution in [0.2, 0.25) is 0 Å². The van der Waals surface area contributed by atoms with Crippen molar-refractivity contribution < 1.29 is 4.79 Å². The number of aryl methyl sites for hydroxylation is 2. The van der Waals surface area contributed by atoms with Crippen molar-refractivity contribution in [1.82, 2.24) is 25.4 Å². The summed E-state index contributed by atoms with van der Waals surface area (Å²) in [4.78, 5) is 19.8. The van der Waals surface area contributed by atoms with Gasteiger partial charge in [0.05, 0.1) is 29.5 Å². The van der Waals surface area contributed by atoms with E-state index in [1.807, 2.05) is 81.8 Å². The predicted octanol–water partition coefficient (Wildman–Crippen LogP) is 5.12. The Bertz CT molecular complexity index is 1150. The minimum absolute atomic E-state index is 0.219. The van der Waals surface area contributed by atoms with Gasteiger partial charge in [0.15, 0.2) is 0 Å². The zero-order valence-electron chi connectivity index (χ0n) is 21.9. The lowest BCUT2D eigenvalue weighted by Gasteiger charge is -2.05. The van der Waals surface area contributed by atoms with Gasteiger partial charge in [-0.3, -0.25) is 14.7 Å². The number of allylic oxidation sites excluding steroid dienone is 2. The van der Waals surface area contributed by atoms with Gasteiger partial charge in [-0.25, -0.2) is 0 Å². The smallest absolute Gasteiger partial charge is 0.141 e. The van der Waals surface area contributed by atoms with E-state index in [9.17, 15) is 4.79 Å². The summed E-state index contributed by atoms with van der Waals surface area (Å²) in [5, 5.41) is 10.7. The molecule has 36 heavy (non-hydrogen) atoms.